The summed E-state index contributed by atoms with van der Waals surface area (Å²) in [6.45, 7) is 0. The van der Waals surface area contributed by atoms with E-state index in [4.69, 9.17) is 5.73 Å². The van der Waals surface area contributed by atoms with Crippen molar-refractivity contribution in [2.45, 2.75) is 25.3 Å². The molecular weight excluding hydrogens is 370 g/mol. The van der Waals surface area contributed by atoms with Crippen molar-refractivity contribution in [3.63, 3.8) is 0 Å². The van der Waals surface area contributed by atoms with Gasteiger partial charge in [-0.05, 0) is 18.6 Å². The highest BCUT2D eigenvalue weighted by Crippen LogP contribution is 2.20. The normalized spacial score (nSPS) is 15.9. The molecule has 5 N–H and O–H groups in total. The molecule has 140 valence electrons. The van der Waals surface area contributed by atoms with E-state index in [1.165, 1.54) is 11.3 Å². The lowest BCUT2D eigenvalue weighted by Crippen LogP contribution is -2.41. The van der Waals surface area contributed by atoms with Gasteiger partial charge in [-0.15, -0.1) is 11.3 Å². The van der Waals surface area contributed by atoms with E-state index in [0.29, 0.717) is 22.1 Å². The summed E-state index contributed by atoms with van der Waals surface area (Å²) in [5, 5.41) is 9.91. The van der Waals surface area contributed by atoms with Crippen LogP contribution in [0, 0.1) is 0 Å². The van der Waals surface area contributed by atoms with Crippen molar-refractivity contribution in [2.24, 2.45) is 5.73 Å². The van der Waals surface area contributed by atoms with Crippen molar-refractivity contribution >= 4 is 45.8 Å². The average Bonchev–Trinajstić information content (AvgIpc) is 2.99. The van der Waals surface area contributed by atoms with Gasteiger partial charge in [0.15, 0.2) is 5.13 Å². The van der Waals surface area contributed by atoms with E-state index in [2.05, 4.69) is 20.9 Å². The van der Waals surface area contributed by atoms with Crippen molar-refractivity contribution in [1.29, 1.82) is 0 Å². The van der Waals surface area contributed by atoms with Gasteiger partial charge >= 0.3 is 0 Å². The highest BCUT2D eigenvalue weighted by atomic mass is 32.1. The molecule has 10 heteroatoms. The summed E-state index contributed by atoms with van der Waals surface area (Å²) in [6, 6.07) is 5.87. The minimum absolute atomic E-state index is 0.00120. The molecule has 2 heterocycles. The maximum atomic E-state index is 12.3. The van der Waals surface area contributed by atoms with Crippen LogP contribution in [0.25, 0.3) is 0 Å². The number of amides is 4. The number of primary amides is 1. The van der Waals surface area contributed by atoms with Crippen molar-refractivity contribution in [2.75, 3.05) is 10.6 Å². The van der Waals surface area contributed by atoms with Crippen LogP contribution in [-0.4, -0.2) is 34.7 Å². The molecule has 1 aliphatic rings. The first-order valence-electron chi connectivity index (χ1n) is 8.15. The number of carbonyl (C=O) groups excluding carboxylic acids is 4. The van der Waals surface area contributed by atoms with E-state index < -0.39 is 11.9 Å². The van der Waals surface area contributed by atoms with Crippen LogP contribution in [0.3, 0.4) is 0 Å². The topological polar surface area (TPSA) is 143 Å². The number of hydrogen-bond donors (Lipinski definition) is 4. The molecule has 2 aromatic rings. The number of aromatic nitrogens is 1. The Bertz CT molecular complexity index is 910. The second-order valence-electron chi connectivity index (χ2n) is 5.93. The molecule has 1 aromatic heterocycles. The van der Waals surface area contributed by atoms with Crippen LogP contribution in [0.2, 0.25) is 0 Å². The van der Waals surface area contributed by atoms with E-state index >= 15 is 0 Å². The number of carbonyl (C=O) groups is 4. The van der Waals surface area contributed by atoms with Crippen LogP contribution in [0.15, 0.2) is 29.6 Å². The zero-order valence-corrected chi connectivity index (χ0v) is 15.0. The highest BCUT2D eigenvalue weighted by molar-refractivity contribution is 7.13. The number of thiazole rings is 1. The minimum Gasteiger partial charge on any atom is -0.369 e. The Morgan fingerprint density at radius 3 is 2.81 bits per heavy atom. The number of fused-ring (bicyclic) bond motifs is 1. The van der Waals surface area contributed by atoms with Crippen LogP contribution >= 0.6 is 11.3 Å². The molecule has 1 atom stereocenters. The molecule has 4 amide bonds. The molecular formula is C17H17N5O4S. The number of benzene rings is 1. The first kappa shape index (κ1) is 18.5. The van der Waals surface area contributed by atoms with Crippen LogP contribution in [0.5, 0.6) is 0 Å². The quantitative estimate of drug-likeness (QED) is 0.575. The van der Waals surface area contributed by atoms with Gasteiger partial charge in [-0.25, -0.2) is 4.98 Å². The van der Waals surface area contributed by atoms with Crippen molar-refractivity contribution in [3.05, 3.63) is 40.9 Å². The lowest BCUT2D eigenvalue weighted by Gasteiger charge is -2.13. The van der Waals surface area contributed by atoms with Crippen molar-refractivity contribution in [3.8, 4) is 0 Å². The molecule has 9 nitrogen and oxygen atoms in total. The first-order chi connectivity index (χ1) is 12.9. The fraction of sp³-hybridized carbons (Fsp3) is 0.235. The third-order valence-corrected chi connectivity index (χ3v) is 4.67. The summed E-state index contributed by atoms with van der Waals surface area (Å²) in [7, 11) is 0. The maximum Gasteiger partial charge on any atom is 0.254 e. The number of hydrogen-bond acceptors (Lipinski definition) is 6. The van der Waals surface area contributed by atoms with E-state index in [0.717, 1.165) is 0 Å². The largest absolute Gasteiger partial charge is 0.369 e. The van der Waals surface area contributed by atoms with Gasteiger partial charge in [0.2, 0.25) is 17.7 Å². The number of nitrogens with zero attached hydrogens (tertiary/aromatic N) is 1. The predicted octanol–water partition coefficient (Wildman–Crippen LogP) is 0.640. The molecule has 0 fully saturated rings. The molecule has 0 spiro atoms. The standard InChI is InChI=1S/C17H17N5O4S/c18-13(23)7-9-8-27-17(19-9)22-14(24)6-5-12-16(26)20-11-4-2-1-3-10(11)15(25)21-12/h1-4,8,12H,5-7H2,(H2,18,23)(H,20,26)(H,21,25)(H,19,22,24)/t12-/m0/s1. The second-order valence-corrected chi connectivity index (χ2v) is 6.79. The number of nitrogens with two attached hydrogens (primary N) is 1. The summed E-state index contributed by atoms with van der Waals surface area (Å²) >= 11 is 1.18. The molecule has 0 saturated carbocycles. The van der Waals surface area contributed by atoms with Gasteiger partial charge in [-0.1, -0.05) is 12.1 Å². The van der Waals surface area contributed by atoms with Gasteiger partial charge in [-0.3, -0.25) is 19.2 Å². The zero-order valence-electron chi connectivity index (χ0n) is 14.2. The molecule has 0 bridgehead atoms. The van der Waals surface area contributed by atoms with Crippen LogP contribution < -0.4 is 21.7 Å². The highest BCUT2D eigenvalue weighted by Gasteiger charge is 2.27. The van der Waals surface area contributed by atoms with Gasteiger partial charge in [0.25, 0.3) is 5.91 Å². The Hall–Kier alpha value is -3.27. The Balaban J connectivity index is 1.56. The molecule has 0 radical (unpaired) electrons. The molecule has 1 aliphatic heterocycles. The zero-order chi connectivity index (χ0) is 19.4. The van der Waals surface area contributed by atoms with E-state index in [-0.39, 0.29) is 37.0 Å². The molecule has 0 unspecified atom stereocenters. The Kier molecular flexibility index (Phi) is 5.46. The van der Waals surface area contributed by atoms with Crippen molar-refractivity contribution < 1.29 is 19.2 Å². The molecule has 0 saturated heterocycles. The summed E-state index contributed by atoms with van der Waals surface area (Å²) in [5.74, 6) is -1.60. The third-order valence-electron chi connectivity index (χ3n) is 3.86. The van der Waals surface area contributed by atoms with Crippen LogP contribution in [0.4, 0.5) is 10.8 Å². The lowest BCUT2D eigenvalue weighted by atomic mass is 10.1. The average molecular weight is 387 g/mol. The summed E-state index contributed by atoms with van der Waals surface area (Å²) in [5.41, 5.74) is 6.40. The predicted molar refractivity (Wildman–Crippen MR) is 99.2 cm³/mol. The maximum absolute atomic E-state index is 12.3. The van der Waals surface area contributed by atoms with Gasteiger partial charge < -0.3 is 21.7 Å². The van der Waals surface area contributed by atoms with Gasteiger partial charge in [0, 0.05) is 11.8 Å². The number of anilines is 2. The molecule has 0 aliphatic carbocycles. The summed E-state index contributed by atoms with van der Waals surface area (Å²) in [6.07, 6.45) is 0.150. The van der Waals surface area contributed by atoms with E-state index in [9.17, 15) is 19.2 Å². The van der Waals surface area contributed by atoms with Crippen molar-refractivity contribution in [1.82, 2.24) is 10.3 Å². The number of rotatable bonds is 6. The summed E-state index contributed by atoms with van der Waals surface area (Å²) in [4.78, 5) is 51.6. The fourth-order valence-electron chi connectivity index (χ4n) is 2.60. The summed E-state index contributed by atoms with van der Waals surface area (Å²) < 4.78 is 0. The Labute approximate surface area is 158 Å². The molecule has 27 heavy (non-hydrogen) atoms. The number of nitrogens with one attached hydrogen (secondary N) is 3. The van der Waals surface area contributed by atoms with E-state index in [1.807, 2.05) is 0 Å². The van der Waals surface area contributed by atoms with Crippen LogP contribution in [-0.2, 0) is 20.8 Å². The number of para-hydroxylation sites is 1. The first-order valence-corrected chi connectivity index (χ1v) is 9.03. The second kappa shape index (κ2) is 7.96. The Morgan fingerprint density at radius 2 is 2.04 bits per heavy atom. The SMILES string of the molecule is NC(=O)Cc1csc(NC(=O)CC[C@@H]2NC(=O)c3ccccc3NC2=O)n1. The monoisotopic (exact) mass is 387 g/mol. The Morgan fingerprint density at radius 1 is 1.26 bits per heavy atom. The molecule has 1 aromatic carbocycles. The fourth-order valence-corrected chi connectivity index (χ4v) is 3.32. The van der Waals surface area contributed by atoms with Gasteiger partial charge in [0.05, 0.1) is 23.4 Å². The van der Waals surface area contributed by atoms with Gasteiger partial charge in [0.1, 0.15) is 6.04 Å². The molecule has 3 rings (SSSR count). The lowest BCUT2D eigenvalue weighted by molar-refractivity contribution is -0.119. The van der Waals surface area contributed by atoms with Crippen LogP contribution in [0.1, 0.15) is 28.9 Å². The smallest absolute Gasteiger partial charge is 0.254 e. The van der Waals surface area contributed by atoms with E-state index in [1.54, 1.807) is 29.6 Å². The van der Waals surface area contributed by atoms with Gasteiger partial charge in [-0.2, -0.15) is 0 Å². The third kappa shape index (κ3) is 4.67. The minimum atomic E-state index is -0.822.